The largest absolute Gasteiger partial charge is 0.378 e. The molecule has 2 aliphatic heterocycles. The molecule has 0 saturated carbocycles. The second-order valence-electron chi connectivity index (χ2n) is 8.30. The Balaban J connectivity index is 1.44. The predicted octanol–water partition coefficient (Wildman–Crippen LogP) is 2.93. The summed E-state index contributed by atoms with van der Waals surface area (Å²) in [6, 6.07) is 11.4. The molecule has 170 valence electrons. The minimum Gasteiger partial charge on any atom is -0.378 e. The normalized spacial score (nSPS) is 18.3. The lowest BCUT2D eigenvalue weighted by Crippen LogP contribution is -2.51. The maximum atomic E-state index is 13.5. The van der Waals surface area contributed by atoms with Crippen LogP contribution in [0.25, 0.3) is 0 Å². The molecule has 32 heavy (non-hydrogen) atoms. The van der Waals surface area contributed by atoms with Crippen LogP contribution in [0.2, 0.25) is 0 Å². The summed E-state index contributed by atoms with van der Waals surface area (Å²) in [7, 11) is 1.77. The lowest BCUT2D eigenvalue weighted by Gasteiger charge is -2.38. The van der Waals surface area contributed by atoms with Gasteiger partial charge in [-0.15, -0.1) is 0 Å². The molecular weight excluding hydrogens is 411 g/mol. The Bertz CT molecular complexity index is 911. The second-order valence-corrected chi connectivity index (χ2v) is 8.30. The summed E-state index contributed by atoms with van der Waals surface area (Å²) in [5.74, 6) is -0.469. The van der Waals surface area contributed by atoms with Crippen LogP contribution in [0.5, 0.6) is 0 Å². The van der Waals surface area contributed by atoms with Gasteiger partial charge < -0.3 is 19.4 Å². The predicted molar refractivity (Wildman–Crippen MR) is 117 cm³/mol. The van der Waals surface area contributed by atoms with E-state index in [1.54, 1.807) is 30.3 Å². The van der Waals surface area contributed by atoms with Gasteiger partial charge in [0.1, 0.15) is 5.82 Å². The summed E-state index contributed by atoms with van der Waals surface area (Å²) in [4.78, 5) is 36.0. The maximum absolute atomic E-state index is 13.5. The summed E-state index contributed by atoms with van der Waals surface area (Å²) >= 11 is 0. The molecule has 2 fully saturated rings. The zero-order valence-corrected chi connectivity index (χ0v) is 18.3. The van der Waals surface area contributed by atoms with Crippen LogP contribution in [0, 0.1) is 11.7 Å². The Hall–Kier alpha value is -3.00. The van der Waals surface area contributed by atoms with Gasteiger partial charge in [-0.25, -0.2) is 9.18 Å². The third-order valence-corrected chi connectivity index (χ3v) is 6.28. The van der Waals surface area contributed by atoms with Gasteiger partial charge in [0.2, 0.25) is 5.91 Å². The van der Waals surface area contributed by atoms with Crippen molar-refractivity contribution in [2.75, 3.05) is 46.4 Å². The topological polar surface area (TPSA) is 66.0 Å². The van der Waals surface area contributed by atoms with Crippen LogP contribution in [-0.2, 0) is 9.53 Å². The molecule has 1 aromatic heterocycles. The van der Waals surface area contributed by atoms with E-state index in [1.165, 1.54) is 12.1 Å². The molecule has 4 rings (SSSR count). The van der Waals surface area contributed by atoms with Gasteiger partial charge in [-0.2, -0.15) is 0 Å². The average Bonchev–Trinajstić information content (AvgIpc) is 2.85. The fourth-order valence-corrected chi connectivity index (χ4v) is 4.46. The molecule has 0 radical (unpaired) electrons. The number of rotatable bonds is 4. The van der Waals surface area contributed by atoms with Crippen molar-refractivity contribution in [2.24, 2.45) is 5.92 Å². The Labute approximate surface area is 187 Å². The van der Waals surface area contributed by atoms with Gasteiger partial charge in [0.05, 0.1) is 24.9 Å². The highest BCUT2D eigenvalue weighted by molar-refractivity contribution is 5.80. The number of nitrogens with zero attached hydrogens (tertiary/aromatic N) is 4. The van der Waals surface area contributed by atoms with Crippen LogP contribution in [0.4, 0.5) is 9.18 Å². The summed E-state index contributed by atoms with van der Waals surface area (Å²) < 4.78 is 18.8. The third kappa shape index (κ3) is 4.91. The average molecular weight is 441 g/mol. The zero-order valence-electron chi connectivity index (χ0n) is 18.3. The maximum Gasteiger partial charge on any atom is 0.320 e. The van der Waals surface area contributed by atoms with Crippen molar-refractivity contribution < 1.29 is 18.7 Å². The Morgan fingerprint density at radius 3 is 2.31 bits per heavy atom. The van der Waals surface area contributed by atoms with E-state index in [9.17, 15) is 14.0 Å². The molecule has 7 nitrogen and oxygen atoms in total. The van der Waals surface area contributed by atoms with Gasteiger partial charge in [0, 0.05) is 45.3 Å². The smallest absolute Gasteiger partial charge is 0.320 e. The lowest BCUT2D eigenvalue weighted by molar-refractivity contribution is -0.137. The molecule has 3 amide bonds. The number of urea groups is 1. The molecule has 1 atom stereocenters. The first-order valence-electron chi connectivity index (χ1n) is 11.1. The second kappa shape index (κ2) is 10.1. The number of aromatic nitrogens is 1. The molecule has 1 aromatic carbocycles. The van der Waals surface area contributed by atoms with Gasteiger partial charge in [0.25, 0.3) is 0 Å². The zero-order chi connectivity index (χ0) is 22.5. The van der Waals surface area contributed by atoms with Gasteiger partial charge >= 0.3 is 6.03 Å². The number of halogens is 1. The minimum atomic E-state index is -0.405. The Morgan fingerprint density at radius 2 is 1.69 bits per heavy atom. The number of hydrogen-bond acceptors (Lipinski definition) is 4. The fourth-order valence-electron chi connectivity index (χ4n) is 4.46. The van der Waals surface area contributed by atoms with Gasteiger partial charge in [-0.05, 0) is 42.7 Å². The van der Waals surface area contributed by atoms with Crippen molar-refractivity contribution in [1.29, 1.82) is 0 Å². The van der Waals surface area contributed by atoms with Crippen LogP contribution < -0.4 is 0 Å². The molecule has 0 bridgehead atoms. The van der Waals surface area contributed by atoms with Crippen molar-refractivity contribution in [2.45, 2.75) is 18.9 Å². The van der Waals surface area contributed by atoms with Crippen molar-refractivity contribution >= 4 is 11.9 Å². The van der Waals surface area contributed by atoms with E-state index >= 15 is 0 Å². The van der Waals surface area contributed by atoms with Crippen molar-refractivity contribution in [1.82, 2.24) is 19.7 Å². The molecule has 0 N–H and O–H groups in total. The molecule has 8 heteroatoms. The van der Waals surface area contributed by atoms with E-state index in [-0.39, 0.29) is 23.7 Å². The number of benzene rings is 1. The number of morpholine rings is 1. The van der Waals surface area contributed by atoms with E-state index in [2.05, 4.69) is 4.98 Å². The van der Waals surface area contributed by atoms with Crippen LogP contribution in [0.3, 0.4) is 0 Å². The quantitative estimate of drug-likeness (QED) is 0.733. The standard InChI is InChI=1S/C24H29FN4O3/c1-27(22(21-4-2-3-11-26-21)18-5-7-20(25)8-6-18)23(30)19-9-12-28(13-10-19)24(31)29-14-16-32-17-15-29/h2-8,11,19,22H,9-10,12-17H2,1H3. The first kappa shape index (κ1) is 22.2. The Morgan fingerprint density at radius 1 is 1.03 bits per heavy atom. The Kier molecular flexibility index (Phi) is 6.99. The number of carbonyl (C=O) groups is 2. The lowest BCUT2D eigenvalue weighted by atomic mass is 9.93. The van der Waals surface area contributed by atoms with Crippen molar-refractivity contribution in [3.8, 4) is 0 Å². The van der Waals surface area contributed by atoms with E-state index < -0.39 is 6.04 Å². The molecule has 1 unspecified atom stereocenters. The highest BCUT2D eigenvalue weighted by Crippen LogP contribution is 2.30. The third-order valence-electron chi connectivity index (χ3n) is 6.28. The molecule has 0 spiro atoms. The van der Waals surface area contributed by atoms with Crippen LogP contribution in [0.15, 0.2) is 48.7 Å². The van der Waals surface area contributed by atoms with Gasteiger partial charge in [-0.1, -0.05) is 18.2 Å². The molecule has 2 aromatic rings. The SMILES string of the molecule is CN(C(=O)C1CCN(C(=O)N2CCOCC2)CC1)C(c1ccc(F)cc1)c1ccccn1. The van der Waals surface area contributed by atoms with Crippen LogP contribution >= 0.6 is 0 Å². The molecule has 3 heterocycles. The van der Waals surface area contributed by atoms with E-state index in [0.29, 0.717) is 52.2 Å². The summed E-state index contributed by atoms with van der Waals surface area (Å²) in [6.45, 7) is 3.50. The number of amides is 3. The van der Waals surface area contributed by atoms with Crippen LogP contribution in [-0.4, -0.2) is 78.1 Å². The highest BCUT2D eigenvalue weighted by atomic mass is 19.1. The number of ether oxygens (including phenoxy) is 1. The van der Waals surface area contributed by atoms with E-state index in [0.717, 1.165) is 11.3 Å². The van der Waals surface area contributed by atoms with Crippen LogP contribution in [0.1, 0.15) is 30.1 Å². The number of pyridine rings is 1. The molecule has 2 aliphatic rings. The monoisotopic (exact) mass is 440 g/mol. The highest BCUT2D eigenvalue weighted by Gasteiger charge is 2.34. The molecule has 2 saturated heterocycles. The summed E-state index contributed by atoms with van der Waals surface area (Å²) in [6.07, 6.45) is 2.94. The van der Waals surface area contributed by atoms with Gasteiger partial charge in [-0.3, -0.25) is 9.78 Å². The van der Waals surface area contributed by atoms with Crippen molar-refractivity contribution in [3.05, 3.63) is 65.7 Å². The first-order chi connectivity index (χ1) is 15.5. The van der Waals surface area contributed by atoms with E-state index in [1.807, 2.05) is 28.0 Å². The molecular formula is C24H29FN4O3. The summed E-state index contributed by atoms with van der Waals surface area (Å²) in [5, 5.41) is 0. The minimum absolute atomic E-state index is 0.0171. The number of piperidine rings is 1. The fraction of sp³-hybridized carbons (Fsp3) is 0.458. The van der Waals surface area contributed by atoms with Gasteiger partial charge in [0.15, 0.2) is 0 Å². The number of likely N-dealkylation sites (tertiary alicyclic amines) is 1. The van der Waals surface area contributed by atoms with E-state index in [4.69, 9.17) is 4.74 Å². The first-order valence-corrected chi connectivity index (χ1v) is 11.1. The number of carbonyl (C=O) groups excluding carboxylic acids is 2. The summed E-state index contributed by atoms with van der Waals surface area (Å²) in [5.41, 5.74) is 1.54. The molecule has 0 aliphatic carbocycles. The van der Waals surface area contributed by atoms with Crippen molar-refractivity contribution in [3.63, 3.8) is 0 Å². The number of hydrogen-bond donors (Lipinski definition) is 0.